The van der Waals surface area contributed by atoms with Crippen molar-refractivity contribution in [1.82, 2.24) is 0 Å². The van der Waals surface area contributed by atoms with Crippen LogP contribution >= 0.6 is 0 Å². The monoisotopic (exact) mass is 378 g/mol. The molecule has 0 aliphatic carbocycles. The third-order valence-corrected chi connectivity index (χ3v) is 3.12. The van der Waals surface area contributed by atoms with E-state index in [0.717, 1.165) is 0 Å². The maximum Gasteiger partial charge on any atom is 1.00 e. The summed E-state index contributed by atoms with van der Waals surface area (Å²) in [6, 6.07) is 5.79. The Bertz CT molecular complexity index is 748. The van der Waals surface area contributed by atoms with Crippen LogP contribution in [0.1, 0.15) is 31.2 Å². The number of carboxylic acid groups (broad SMARTS) is 1. The van der Waals surface area contributed by atoms with Crippen LogP contribution in [0.4, 0.5) is 4.39 Å². The van der Waals surface area contributed by atoms with Crippen molar-refractivity contribution in [3.63, 3.8) is 0 Å². The molecule has 1 aromatic rings. The zero-order valence-corrected chi connectivity index (χ0v) is 17.2. The van der Waals surface area contributed by atoms with Crippen LogP contribution in [0, 0.1) is 29.5 Å². The fraction of sp³-hybridized carbons (Fsp3) is 0.286. The van der Waals surface area contributed by atoms with Crippen molar-refractivity contribution < 1.29 is 54.1 Å². The van der Waals surface area contributed by atoms with E-state index in [-0.39, 0.29) is 54.6 Å². The first-order valence-corrected chi connectivity index (χ1v) is 8.12. The normalized spacial score (nSPS) is 12.4. The van der Waals surface area contributed by atoms with Crippen molar-refractivity contribution in [3.8, 4) is 23.7 Å². The van der Waals surface area contributed by atoms with Crippen molar-refractivity contribution in [2.24, 2.45) is 0 Å². The minimum Gasteiger partial charge on any atom is -0.550 e. The van der Waals surface area contributed by atoms with Gasteiger partial charge < -0.3 is 20.1 Å². The molecule has 2 atom stereocenters. The first-order chi connectivity index (χ1) is 12.5. The zero-order chi connectivity index (χ0) is 19.2. The number of carboxylic acids is 1. The van der Waals surface area contributed by atoms with Crippen LogP contribution in [-0.4, -0.2) is 28.4 Å². The molecule has 0 aliphatic heterocycles. The number of aliphatic carboxylic acids is 1. The Morgan fingerprint density at radius 2 is 1.93 bits per heavy atom. The molecule has 0 aromatic heterocycles. The van der Waals surface area contributed by atoms with E-state index in [0.29, 0.717) is 12.0 Å². The zero-order valence-electron chi connectivity index (χ0n) is 15.2. The maximum atomic E-state index is 12.7. The summed E-state index contributed by atoms with van der Waals surface area (Å²) in [7, 11) is 0. The molecule has 1 aromatic carbocycles. The van der Waals surface area contributed by atoms with Gasteiger partial charge in [-0.05, 0) is 49.6 Å². The van der Waals surface area contributed by atoms with Gasteiger partial charge >= 0.3 is 29.6 Å². The molecule has 0 bridgehead atoms. The van der Waals surface area contributed by atoms with Crippen LogP contribution in [0.15, 0.2) is 48.6 Å². The van der Waals surface area contributed by atoms with Crippen LogP contribution in [-0.2, 0) is 4.79 Å². The van der Waals surface area contributed by atoms with E-state index in [4.69, 9.17) is 0 Å². The van der Waals surface area contributed by atoms with Gasteiger partial charge in [-0.15, -0.1) is 0 Å². The van der Waals surface area contributed by atoms with Gasteiger partial charge in [0, 0.05) is 18.0 Å². The van der Waals surface area contributed by atoms with Crippen molar-refractivity contribution in [1.29, 1.82) is 0 Å². The summed E-state index contributed by atoms with van der Waals surface area (Å²) in [5, 5.41) is 29.5. The number of allylic oxidation sites excluding steroid dienone is 3. The molecule has 0 radical (unpaired) electrons. The summed E-state index contributed by atoms with van der Waals surface area (Å²) in [6.07, 6.45) is 5.39. The molecule has 1 rings (SSSR count). The molecule has 136 valence electrons. The number of halogens is 1. The third kappa shape index (κ3) is 13.9. The van der Waals surface area contributed by atoms with Crippen molar-refractivity contribution >= 4 is 5.97 Å². The Morgan fingerprint density at radius 1 is 1.22 bits per heavy atom. The number of benzene rings is 1. The second kappa shape index (κ2) is 15.2. The first-order valence-electron chi connectivity index (χ1n) is 8.12. The van der Waals surface area contributed by atoms with Crippen molar-refractivity contribution in [2.75, 3.05) is 0 Å². The molecule has 0 spiro atoms. The van der Waals surface area contributed by atoms with Crippen LogP contribution in [0.3, 0.4) is 0 Å². The molecule has 6 heteroatoms. The molecule has 0 aliphatic rings. The van der Waals surface area contributed by atoms with Gasteiger partial charge in [0.15, 0.2) is 0 Å². The van der Waals surface area contributed by atoms with Gasteiger partial charge in [-0.25, -0.2) is 4.39 Å². The van der Waals surface area contributed by atoms with Crippen LogP contribution < -0.4 is 34.7 Å². The Kier molecular flexibility index (Phi) is 14.2. The average molecular weight is 378 g/mol. The summed E-state index contributed by atoms with van der Waals surface area (Å²) in [5.41, 5.74) is 0.677. The Balaban J connectivity index is 0.00000676. The molecular weight excluding hydrogens is 358 g/mol. The Labute approximate surface area is 181 Å². The molecule has 0 saturated heterocycles. The SMILES string of the molecule is O=C([O-])CCC[C@H](O)C#C/C=C/C=C/[C@H](O)CC#Cc1ccc(F)cc1.[Na+]. The van der Waals surface area contributed by atoms with Gasteiger partial charge in [-0.1, -0.05) is 41.9 Å². The number of aliphatic hydroxyl groups is 2. The maximum absolute atomic E-state index is 12.7. The van der Waals surface area contributed by atoms with Crippen molar-refractivity contribution in [2.45, 2.75) is 37.9 Å². The van der Waals surface area contributed by atoms with Crippen LogP contribution in [0.5, 0.6) is 0 Å². The van der Waals surface area contributed by atoms with Gasteiger partial charge in [-0.2, -0.15) is 0 Å². The predicted octanol–water partition coefficient (Wildman–Crippen LogP) is -1.67. The number of rotatable bonds is 7. The van der Waals surface area contributed by atoms with Crippen LogP contribution in [0.25, 0.3) is 0 Å². The summed E-state index contributed by atoms with van der Waals surface area (Å²) >= 11 is 0. The van der Waals surface area contributed by atoms with E-state index >= 15 is 0 Å². The molecule has 4 nitrogen and oxygen atoms in total. The van der Waals surface area contributed by atoms with E-state index in [1.807, 2.05) is 0 Å². The van der Waals surface area contributed by atoms with E-state index in [9.17, 15) is 24.5 Å². The van der Waals surface area contributed by atoms with Gasteiger partial charge in [-0.3, -0.25) is 0 Å². The van der Waals surface area contributed by atoms with Gasteiger partial charge in [0.1, 0.15) is 11.9 Å². The number of hydrogen-bond donors (Lipinski definition) is 2. The number of carbonyl (C=O) groups excluding carboxylic acids is 1. The Hall–Kier alpha value is -1.86. The molecule has 0 fully saturated rings. The quantitative estimate of drug-likeness (QED) is 0.338. The largest absolute Gasteiger partial charge is 1.00 e. The van der Waals surface area contributed by atoms with Gasteiger partial charge in [0.05, 0.1) is 6.10 Å². The first kappa shape index (κ1) is 25.1. The smallest absolute Gasteiger partial charge is 0.550 e. The predicted molar refractivity (Wildman–Crippen MR) is 94.8 cm³/mol. The minimum absolute atomic E-state index is 0. The second-order valence-corrected chi connectivity index (χ2v) is 5.39. The summed E-state index contributed by atoms with van der Waals surface area (Å²) in [4.78, 5) is 10.2. The number of hydrogen-bond acceptors (Lipinski definition) is 4. The summed E-state index contributed by atoms with van der Waals surface area (Å²) in [6.45, 7) is 0. The van der Waals surface area contributed by atoms with E-state index in [2.05, 4.69) is 23.7 Å². The molecule has 0 saturated carbocycles. The fourth-order valence-corrected chi connectivity index (χ4v) is 1.81. The van der Waals surface area contributed by atoms with E-state index in [1.165, 1.54) is 18.2 Å². The molecule has 0 unspecified atom stereocenters. The molecular formula is C21H20FNaO4. The Morgan fingerprint density at radius 3 is 2.59 bits per heavy atom. The summed E-state index contributed by atoms with van der Waals surface area (Å²) in [5.74, 6) is 9.37. The summed E-state index contributed by atoms with van der Waals surface area (Å²) < 4.78 is 12.7. The fourth-order valence-electron chi connectivity index (χ4n) is 1.81. The van der Waals surface area contributed by atoms with E-state index < -0.39 is 18.2 Å². The number of carbonyl (C=O) groups is 1. The minimum atomic E-state index is -1.14. The number of aliphatic hydroxyl groups excluding tert-OH is 2. The molecule has 2 N–H and O–H groups in total. The molecule has 0 amide bonds. The molecule has 27 heavy (non-hydrogen) atoms. The van der Waals surface area contributed by atoms with Gasteiger partial charge in [0.25, 0.3) is 0 Å². The van der Waals surface area contributed by atoms with Gasteiger partial charge in [0.2, 0.25) is 0 Å². The third-order valence-electron chi connectivity index (χ3n) is 3.12. The average Bonchev–Trinajstić information content (AvgIpc) is 2.59. The van der Waals surface area contributed by atoms with Crippen LogP contribution in [0.2, 0.25) is 0 Å². The van der Waals surface area contributed by atoms with E-state index in [1.54, 1.807) is 30.4 Å². The molecule has 0 heterocycles. The van der Waals surface area contributed by atoms with Crippen molar-refractivity contribution in [3.05, 3.63) is 60.0 Å². The second-order valence-electron chi connectivity index (χ2n) is 5.39. The standard InChI is InChI=1S/C21H21FO4.Na/c22-18-15-13-17(14-16-18)7-5-10-19(23)8-3-1-2-4-9-20(24)11-6-12-21(25)26;/h1-3,8,13-16,19-20,23-24H,6,10-12H2,(H,25,26);/q;+1/p-1/b2-1+,8-3+;/t19-,20+;/m0./s1. The topological polar surface area (TPSA) is 80.6 Å².